The third kappa shape index (κ3) is 2.28. The van der Waals surface area contributed by atoms with E-state index in [1.807, 2.05) is 26.0 Å². The number of carbonyl (C=O) groups excluding carboxylic acids is 1. The van der Waals surface area contributed by atoms with Crippen LogP contribution in [0.25, 0.3) is 0 Å². The van der Waals surface area contributed by atoms with Crippen LogP contribution in [0.1, 0.15) is 25.3 Å². The Hall–Kier alpha value is -2.04. The average Bonchev–Trinajstić information content (AvgIpc) is 2.58. The number of amides is 1. The molecule has 5 nitrogen and oxygen atoms in total. The first kappa shape index (κ1) is 13.4. The van der Waals surface area contributed by atoms with E-state index in [1.165, 1.54) is 0 Å². The highest BCUT2D eigenvalue weighted by molar-refractivity contribution is 6.00. The fourth-order valence-corrected chi connectivity index (χ4v) is 2.72. The first-order chi connectivity index (χ1) is 8.86. The van der Waals surface area contributed by atoms with Gasteiger partial charge in [-0.05, 0) is 31.5 Å². The van der Waals surface area contributed by atoms with Gasteiger partial charge in [0.15, 0.2) is 0 Å². The molecule has 0 aromatic heterocycles. The number of aliphatic carboxylic acids is 1. The first-order valence-corrected chi connectivity index (χ1v) is 6.05. The van der Waals surface area contributed by atoms with Gasteiger partial charge < -0.3 is 15.2 Å². The van der Waals surface area contributed by atoms with E-state index in [0.717, 1.165) is 5.56 Å². The summed E-state index contributed by atoms with van der Waals surface area (Å²) >= 11 is 0. The molecule has 2 N–H and O–H groups in total. The number of hydrogen-bond acceptors (Lipinski definition) is 3. The number of carbonyl (C=O) groups is 2. The quantitative estimate of drug-likeness (QED) is 0.808. The van der Waals surface area contributed by atoms with Crippen LogP contribution < -0.4 is 10.1 Å². The van der Waals surface area contributed by atoms with Crippen molar-refractivity contribution < 1.29 is 19.4 Å². The van der Waals surface area contributed by atoms with Gasteiger partial charge in [-0.3, -0.25) is 9.59 Å². The van der Waals surface area contributed by atoms with Crippen molar-refractivity contribution in [1.29, 1.82) is 0 Å². The van der Waals surface area contributed by atoms with Gasteiger partial charge in [0.25, 0.3) is 0 Å². The monoisotopic (exact) mass is 263 g/mol. The SMILES string of the molecule is COc1ccc([C@H]2[C@H](C(=O)O)C(=O)NC2(C)C)cc1. The molecule has 1 aliphatic heterocycles. The van der Waals surface area contributed by atoms with Gasteiger partial charge in [0.2, 0.25) is 5.91 Å². The zero-order chi connectivity index (χ0) is 14.2. The number of methoxy groups -OCH3 is 1. The predicted molar refractivity (Wildman–Crippen MR) is 69.1 cm³/mol. The summed E-state index contributed by atoms with van der Waals surface area (Å²) in [5, 5.41) is 12.0. The molecule has 2 atom stereocenters. The van der Waals surface area contributed by atoms with Gasteiger partial charge in [0.1, 0.15) is 11.7 Å². The normalized spacial score (nSPS) is 24.9. The molecule has 1 aliphatic rings. The van der Waals surface area contributed by atoms with Crippen LogP contribution in [0.15, 0.2) is 24.3 Å². The lowest BCUT2D eigenvalue weighted by atomic mass is 9.77. The van der Waals surface area contributed by atoms with Crippen molar-refractivity contribution in [3.05, 3.63) is 29.8 Å². The maximum Gasteiger partial charge on any atom is 0.316 e. The van der Waals surface area contributed by atoms with Crippen molar-refractivity contribution in [2.75, 3.05) is 7.11 Å². The van der Waals surface area contributed by atoms with Crippen LogP contribution in [-0.2, 0) is 9.59 Å². The minimum Gasteiger partial charge on any atom is -0.497 e. The Morgan fingerprint density at radius 1 is 1.32 bits per heavy atom. The molecule has 1 aromatic carbocycles. The number of ether oxygens (including phenoxy) is 1. The lowest BCUT2D eigenvalue weighted by molar-refractivity contribution is -0.145. The molecule has 0 unspecified atom stereocenters. The topological polar surface area (TPSA) is 75.6 Å². The van der Waals surface area contributed by atoms with E-state index in [1.54, 1.807) is 19.2 Å². The summed E-state index contributed by atoms with van der Waals surface area (Å²) in [5.74, 6) is -2.28. The third-order valence-corrected chi connectivity index (χ3v) is 3.58. The average molecular weight is 263 g/mol. The number of benzene rings is 1. The van der Waals surface area contributed by atoms with E-state index in [0.29, 0.717) is 5.75 Å². The molecule has 0 aliphatic carbocycles. The highest BCUT2D eigenvalue weighted by atomic mass is 16.5. The van der Waals surface area contributed by atoms with Gasteiger partial charge in [-0.2, -0.15) is 0 Å². The summed E-state index contributed by atoms with van der Waals surface area (Å²) in [6.45, 7) is 3.67. The Bertz CT molecular complexity index is 507. The van der Waals surface area contributed by atoms with Crippen molar-refractivity contribution in [3.63, 3.8) is 0 Å². The summed E-state index contributed by atoms with van der Waals surface area (Å²) in [4.78, 5) is 23.1. The van der Waals surface area contributed by atoms with Crippen LogP contribution >= 0.6 is 0 Å². The Labute approximate surface area is 111 Å². The lowest BCUT2D eigenvalue weighted by Crippen LogP contribution is -2.38. The maximum absolute atomic E-state index is 11.8. The highest BCUT2D eigenvalue weighted by Crippen LogP contribution is 2.40. The van der Waals surface area contributed by atoms with E-state index in [4.69, 9.17) is 4.74 Å². The second-order valence-electron chi connectivity index (χ2n) is 5.28. The molecule has 1 aromatic rings. The Morgan fingerprint density at radius 3 is 2.37 bits per heavy atom. The summed E-state index contributed by atoms with van der Waals surface area (Å²) in [6, 6.07) is 7.16. The fraction of sp³-hybridized carbons (Fsp3) is 0.429. The van der Waals surface area contributed by atoms with Crippen LogP contribution in [0, 0.1) is 5.92 Å². The molecule has 0 spiro atoms. The zero-order valence-corrected chi connectivity index (χ0v) is 11.1. The molecule has 1 saturated heterocycles. The van der Waals surface area contributed by atoms with Crippen LogP contribution in [0.3, 0.4) is 0 Å². The van der Waals surface area contributed by atoms with E-state index < -0.39 is 29.3 Å². The summed E-state index contributed by atoms with van der Waals surface area (Å²) in [5.41, 5.74) is 0.228. The van der Waals surface area contributed by atoms with Gasteiger partial charge >= 0.3 is 5.97 Å². The van der Waals surface area contributed by atoms with Gasteiger partial charge in [0.05, 0.1) is 7.11 Å². The molecule has 2 rings (SSSR count). The van der Waals surface area contributed by atoms with Crippen molar-refractivity contribution in [2.24, 2.45) is 5.92 Å². The smallest absolute Gasteiger partial charge is 0.316 e. The number of hydrogen-bond donors (Lipinski definition) is 2. The number of carboxylic acid groups (broad SMARTS) is 1. The molecule has 1 amide bonds. The second kappa shape index (κ2) is 4.57. The fourth-order valence-electron chi connectivity index (χ4n) is 2.72. The summed E-state index contributed by atoms with van der Waals surface area (Å²) < 4.78 is 5.08. The predicted octanol–water partition coefficient (Wildman–Crippen LogP) is 1.39. The Kier molecular flexibility index (Phi) is 3.22. The molecule has 102 valence electrons. The van der Waals surface area contributed by atoms with Crippen molar-refractivity contribution in [2.45, 2.75) is 25.3 Å². The molecular weight excluding hydrogens is 246 g/mol. The molecule has 5 heteroatoms. The lowest BCUT2D eigenvalue weighted by Gasteiger charge is -2.28. The minimum atomic E-state index is -1.09. The zero-order valence-electron chi connectivity index (χ0n) is 11.1. The van der Waals surface area contributed by atoms with E-state index >= 15 is 0 Å². The standard InChI is InChI=1S/C14H17NO4/c1-14(2)11(10(13(17)18)12(16)15-14)8-4-6-9(19-3)7-5-8/h4-7,10-11H,1-3H3,(H,15,16)(H,17,18)/t10-,11-/m0/s1. The van der Waals surface area contributed by atoms with Crippen LogP contribution in [0.4, 0.5) is 0 Å². The van der Waals surface area contributed by atoms with Crippen LogP contribution in [0.5, 0.6) is 5.75 Å². The second-order valence-corrected chi connectivity index (χ2v) is 5.28. The molecule has 19 heavy (non-hydrogen) atoms. The summed E-state index contributed by atoms with van der Waals surface area (Å²) in [6.07, 6.45) is 0. The van der Waals surface area contributed by atoms with Crippen molar-refractivity contribution in [1.82, 2.24) is 5.32 Å². The van der Waals surface area contributed by atoms with Gasteiger partial charge in [-0.1, -0.05) is 12.1 Å². The maximum atomic E-state index is 11.8. The van der Waals surface area contributed by atoms with Crippen molar-refractivity contribution in [3.8, 4) is 5.75 Å². The Morgan fingerprint density at radius 2 is 1.89 bits per heavy atom. The molecule has 0 radical (unpaired) electrons. The van der Waals surface area contributed by atoms with E-state index in [2.05, 4.69) is 5.32 Å². The van der Waals surface area contributed by atoms with Crippen LogP contribution in [-0.4, -0.2) is 29.6 Å². The molecule has 1 fully saturated rings. The molecule has 0 bridgehead atoms. The van der Waals surface area contributed by atoms with Crippen LogP contribution in [0.2, 0.25) is 0 Å². The number of nitrogens with one attached hydrogen (secondary N) is 1. The van der Waals surface area contributed by atoms with E-state index in [9.17, 15) is 14.7 Å². The number of carboxylic acids is 1. The van der Waals surface area contributed by atoms with Crippen molar-refractivity contribution >= 4 is 11.9 Å². The third-order valence-electron chi connectivity index (χ3n) is 3.58. The van der Waals surface area contributed by atoms with E-state index in [-0.39, 0.29) is 0 Å². The van der Waals surface area contributed by atoms with Gasteiger partial charge in [-0.15, -0.1) is 0 Å². The highest BCUT2D eigenvalue weighted by Gasteiger charge is 2.51. The molecule has 1 heterocycles. The Balaban J connectivity index is 2.43. The first-order valence-electron chi connectivity index (χ1n) is 6.05. The molecular formula is C14H17NO4. The molecule has 0 saturated carbocycles. The number of rotatable bonds is 3. The minimum absolute atomic E-state index is 0.400. The van der Waals surface area contributed by atoms with Gasteiger partial charge in [0, 0.05) is 11.5 Å². The largest absolute Gasteiger partial charge is 0.497 e. The summed E-state index contributed by atoms with van der Waals surface area (Å²) in [7, 11) is 1.57. The van der Waals surface area contributed by atoms with Gasteiger partial charge in [-0.25, -0.2) is 0 Å².